The fraction of sp³-hybridized carbons (Fsp3) is 0.250. The predicted molar refractivity (Wildman–Crippen MR) is 88.9 cm³/mol. The maximum absolute atomic E-state index is 6.57. The topological polar surface area (TPSA) is 18.5 Å². The van der Waals surface area contributed by atoms with Gasteiger partial charge in [-0.25, -0.2) is 0 Å². The molecule has 1 unspecified atom stereocenters. The molecular formula is C16H13BrCl2O2. The Bertz CT molecular complexity index is 643. The Morgan fingerprint density at radius 3 is 2.33 bits per heavy atom. The summed E-state index contributed by atoms with van der Waals surface area (Å²) in [5, 5.41) is 0.571. The lowest BCUT2D eigenvalue weighted by Gasteiger charge is -2.21. The average Bonchev–Trinajstić information content (AvgIpc) is 2.49. The number of fused-ring (bicyclic) bond motifs is 1. The highest BCUT2D eigenvalue weighted by molar-refractivity contribution is 9.10. The summed E-state index contributed by atoms with van der Waals surface area (Å²) in [6.07, 6.45) is 0.719. The molecule has 1 heterocycles. The first-order chi connectivity index (χ1) is 10.1. The van der Waals surface area contributed by atoms with Crippen molar-refractivity contribution in [2.45, 2.75) is 11.8 Å². The minimum Gasteiger partial charge on any atom is -0.486 e. The Balaban J connectivity index is 1.83. The highest BCUT2D eigenvalue weighted by Crippen LogP contribution is 2.40. The van der Waals surface area contributed by atoms with Crippen molar-refractivity contribution in [3.63, 3.8) is 0 Å². The van der Waals surface area contributed by atoms with Crippen molar-refractivity contribution < 1.29 is 9.47 Å². The zero-order valence-electron chi connectivity index (χ0n) is 11.1. The van der Waals surface area contributed by atoms with E-state index in [1.165, 1.54) is 0 Å². The van der Waals surface area contributed by atoms with Crippen molar-refractivity contribution in [2.24, 2.45) is 0 Å². The van der Waals surface area contributed by atoms with Crippen LogP contribution in [-0.4, -0.2) is 13.2 Å². The molecule has 110 valence electrons. The summed E-state index contributed by atoms with van der Waals surface area (Å²) in [7, 11) is 0. The number of alkyl halides is 1. The Hall–Kier alpha value is -0.900. The fourth-order valence-corrected chi connectivity index (χ4v) is 3.47. The normalized spacial score (nSPS) is 14.8. The van der Waals surface area contributed by atoms with Crippen LogP contribution in [-0.2, 0) is 6.42 Å². The molecule has 1 atom stereocenters. The van der Waals surface area contributed by atoms with Crippen molar-refractivity contribution in [2.75, 3.05) is 13.2 Å². The average molecular weight is 388 g/mol. The molecule has 0 saturated carbocycles. The number of hydrogen-bond acceptors (Lipinski definition) is 2. The van der Waals surface area contributed by atoms with Crippen LogP contribution in [0, 0.1) is 0 Å². The Kier molecular flexibility index (Phi) is 4.63. The summed E-state index contributed by atoms with van der Waals surface area (Å²) in [4.78, 5) is 0. The Morgan fingerprint density at radius 2 is 1.67 bits per heavy atom. The minimum atomic E-state index is -0.156. The molecule has 21 heavy (non-hydrogen) atoms. The van der Waals surface area contributed by atoms with E-state index in [-0.39, 0.29) is 5.38 Å². The maximum Gasteiger partial charge on any atom is 0.162 e. The molecule has 0 saturated heterocycles. The highest BCUT2D eigenvalue weighted by atomic mass is 79.9. The van der Waals surface area contributed by atoms with E-state index in [1.54, 1.807) is 0 Å². The standard InChI is InChI=1S/C16H13BrCl2O2/c17-13-9-16-15(20-5-6-21-16)8-12(13)14(19)7-10-1-3-11(18)4-2-10/h1-4,8-9,14H,5-7H2. The van der Waals surface area contributed by atoms with Gasteiger partial charge in [-0.3, -0.25) is 0 Å². The largest absolute Gasteiger partial charge is 0.486 e. The first kappa shape index (κ1) is 15.0. The Labute approximate surface area is 142 Å². The van der Waals surface area contributed by atoms with Crippen LogP contribution >= 0.6 is 39.1 Å². The van der Waals surface area contributed by atoms with Gasteiger partial charge in [0.2, 0.25) is 0 Å². The van der Waals surface area contributed by atoms with Crippen LogP contribution in [0.3, 0.4) is 0 Å². The first-order valence-corrected chi connectivity index (χ1v) is 8.22. The van der Waals surface area contributed by atoms with Crippen LogP contribution in [0.15, 0.2) is 40.9 Å². The monoisotopic (exact) mass is 386 g/mol. The molecule has 2 nitrogen and oxygen atoms in total. The van der Waals surface area contributed by atoms with Crippen molar-refractivity contribution in [3.05, 3.63) is 57.0 Å². The van der Waals surface area contributed by atoms with Gasteiger partial charge in [-0.2, -0.15) is 0 Å². The number of benzene rings is 2. The van der Waals surface area contributed by atoms with Crippen molar-refractivity contribution in [3.8, 4) is 11.5 Å². The van der Waals surface area contributed by atoms with E-state index in [1.807, 2.05) is 36.4 Å². The van der Waals surface area contributed by atoms with Crippen molar-refractivity contribution >= 4 is 39.1 Å². The summed E-state index contributed by atoms with van der Waals surface area (Å²) in [6.45, 7) is 1.14. The van der Waals surface area contributed by atoms with Gasteiger partial charge in [0.05, 0.1) is 5.38 Å². The lowest BCUT2D eigenvalue weighted by Crippen LogP contribution is -2.15. The second-order valence-electron chi connectivity index (χ2n) is 4.82. The van der Waals surface area contributed by atoms with Gasteiger partial charge in [-0.15, -0.1) is 11.6 Å². The second kappa shape index (κ2) is 6.47. The summed E-state index contributed by atoms with van der Waals surface area (Å²) in [5.41, 5.74) is 2.14. The van der Waals surface area contributed by atoms with E-state index < -0.39 is 0 Å². The number of rotatable bonds is 3. The molecule has 0 aromatic heterocycles. The number of halogens is 3. The van der Waals surface area contributed by atoms with E-state index in [2.05, 4.69) is 15.9 Å². The molecule has 5 heteroatoms. The third-order valence-electron chi connectivity index (χ3n) is 3.33. The third kappa shape index (κ3) is 3.47. The van der Waals surface area contributed by atoms with Gasteiger partial charge >= 0.3 is 0 Å². The van der Waals surface area contributed by atoms with Crippen LogP contribution in [0.25, 0.3) is 0 Å². The van der Waals surface area contributed by atoms with Crippen LogP contribution in [0.4, 0.5) is 0 Å². The van der Waals surface area contributed by atoms with E-state index in [0.717, 1.165) is 38.5 Å². The predicted octanol–water partition coefficient (Wildman–Crippen LogP) is 5.40. The fourth-order valence-electron chi connectivity index (χ4n) is 2.26. The summed E-state index contributed by atoms with van der Waals surface area (Å²) in [6, 6.07) is 11.6. The maximum atomic E-state index is 6.57. The number of hydrogen-bond donors (Lipinski definition) is 0. The molecule has 2 aromatic carbocycles. The lowest BCUT2D eigenvalue weighted by molar-refractivity contribution is 0.171. The van der Waals surface area contributed by atoms with Crippen molar-refractivity contribution in [1.29, 1.82) is 0 Å². The van der Waals surface area contributed by atoms with Crippen LogP contribution in [0.5, 0.6) is 11.5 Å². The summed E-state index contributed by atoms with van der Waals surface area (Å²) >= 11 is 16.0. The smallest absolute Gasteiger partial charge is 0.162 e. The zero-order valence-corrected chi connectivity index (χ0v) is 14.2. The summed E-state index contributed by atoms with van der Waals surface area (Å²) < 4.78 is 12.1. The molecule has 0 fully saturated rings. The molecule has 1 aliphatic heterocycles. The van der Waals surface area contributed by atoms with Gasteiger partial charge in [0.25, 0.3) is 0 Å². The van der Waals surface area contributed by atoms with Gasteiger partial charge in [-0.1, -0.05) is 39.7 Å². The quantitative estimate of drug-likeness (QED) is 0.656. The SMILES string of the molecule is Clc1ccc(CC(Cl)c2cc3c(cc2Br)OCCO3)cc1. The van der Waals surface area contributed by atoms with Gasteiger partial charge in [0, 0.05) is 9.50 Å². The van der Waals surface area contributed by atoms with E-state index in [9.17, 15) is 0 Å². The van der Waals surface area contributed by atoms with Crippen LogP contribution in [0.2, 0.25) is 5.02 Å². The van der Waals surface area contributed by atoms with E-state index in [0.29, 0.717) is 13.2 Å². The summed E-state index contributed by atoms with van der Waals surface area (Å²) in [5.74, 6) is 1.51. The lowest BCUT2D eigenvalue weighted by atomic mass is 10.0. The van der Waals surface area contributed by atoms with Gasteiger partial charge in [0.1, 0.15) is 13.2 Å². The molecule has 0 bridgehead atoms. The number of ether oxygens (including phenoxy) is 2. The van der Waals surface area contributed by atoms with Gasteiger partial charge < -0.3 is 9.47 Å². The molecular weight excluding hydrogens is 375 g/mol. The Morgan fingerprint density at radius 1 is 1.05 bits per heavy atom. The highest BCUT2D eigenvalue weighted by Gasteiger charge is 2.19. The van der Waals surface area contributed by atoms with Crippen LogP contribution in [0.1, 0.15) is 16.5 Å². The minimum absolute atomic E-state index is 0.156. The molecule has 0 spiro atoms. The molecule has 0 amide bonds. The van der Waals surface area contributed by atoms with Crippen LogP contribution < -0.4 is 9.47 Å². The zero-order chi connectivity index (χ0) is 14.8. The molecule has 0 aliphatic carbocycles. The molecule has 2 aromatic rings. The van der Waals surface area contributed by atoms with Gasteiger partial charge in [-0.05, 0) is 41.8 Å². The molecule has 0 radical (unpaired) electrons. The van der Waals surface area contributed by atoms with E-state index >= 15 is 0 Å². The molecule has 3 rings (SSSR count). The first-order valence-electron chi connectivity index (χ1n) is 6.61. The third-order valence-corrected chi connectivity index (χ3v) is 4.66. The van der Waals surface area contributed by atoms with Crippen molar-refractivity contribution in [1.82, 2.24) is 0 Å². The molecule has 0 N–H and O–H groups in total. The second-order valence-corrected chi connectivity index (χ2v) is 6.63. The van der Waals surface area contributed by atoms with Gasteiger partial charge in [0.15, 0.2) is 11.5 Å². The van der Waals surface area contributed by atoms with E-state index in [4.69, 9.17) is 32.7 Å². The molecule has 1 aliphatic rings.